The molecule has 1 saturated heterocycles. The average Bonchev–Trinajstić information content (AvgIpc) is 3.09. The number of nitrogens with two attached hydrogens (primary N) is 2. The Balaban J connectivity index is 2.22. The zero-order valence-corrected chi connectivity index (χ0v) is 15.2. The summed E-state index contributed by atoms with van der Waals surface area (Å²) >= 11 is 0. The third-order valence-corrected chi connectivity index (χ3v) is 4.36. The van der Waals surface area contributed by atoms with Crippen molar-refractivity contribution in [3.05, 3.63) is 0 Å². The number of guanidine groups is 1. The molecule has 7 heteroatoms. The lowest BCUT2D eigenvalue weighted by Gasteiger charge is -2.15. The third-order valence-electron chi connectivity index (χ3n) is 4.36. The number of ketones is 2. The van der Waals surface area contributed by atoms with Gasteiger partial charge in [-0.05, 0) is 32.2 Å². The number of rotatable bonds is 10. The van der Waals surface area contributed by atoms with Gasteiger partial charge in [0.2, 0.25) is 0 Å². The van der Waals surface area contributed by atoms with Gasteiger partial charge in [-0.15, -0.1) is 0 Å². The number of aliphatic imine (C=N–C) groups is 1. The topological polar surface area (TPSA) is 123 Å². The van der Waals surface area contributed by atoms with Gasteiger partial charge in [-0.25, -0.2) is 0 Å². The molecular formula is C17H33N5O2. The van der Waals surface area contributed by atoms with Crippen LogP contribution >= 0.6 is 0 Å². The van der Waals surface area contributed by atoms with E-state index in [-0.39, 0.29) is 29.4 Å². The maximum Gasteiger partial charge on any atom is 0.188 e. The van der Waals surface area contributed by atoms with E-state index in [1.807, 2.05) is 20.8 Å². The number of Topliss-reactive ketones (excluding diaryl/α,β-unsaturated/α-hetero) is 2. The maximum atomic E-state index is 12.2. The molecular weight excluding hydrogens is 306 g/mol. The second-order valence-corrected chi connectivity index (χ2v) is 6.91. The molecule has 1 rings (SSSR count). The molecule has 0 spiro atoms. The summed E-state index contributed by atoms with van der Waals surface area (Å²) in [6.45, 7) is 7.51. The molecule has 0 radical (unpaired) electrons. The molecule has 0 aliphatic carbocycles. The molecule has 0 aromatic carbocycles. The van der Waals surface area contributed by atoms with Crippen molar-refractivity contribution in [1.82, 2.24) is 10.6 Å². The quantitative estimate of drug-likeness (QED) is 0.256. The minimum atomic E-state index is -0.415. The number of carbonyl (C=O) groups is 2. The van der Waals surface area contributed by atoms with Crippen LogP contribution in [0.25, 0.3) is 0 Å². The molecule has 0 aromatic rings. The molecule has 0 amide bonds. The van der Waals surface area contributed by atoms with Gasteiger partial charge in [-0.3, -0.25) is 14.6 Å². The fraction of sp³-hybridized carbons (Fsp3) is 0.824. The van der Waals surface area contributed by atoms with E-state index in [4.69, 9.17) is 11.5 Å². The summed E-state index contributed by atoms with van der Waals surface area (Å²) in [5.74, 6) is 0.454. The van der Waals surface area contributed by atoms with Crippen LogP contribution in [0.3, 0.4) is 0 Å². The van der Waals surface area contributed by atoms with Crippen molar-refractivity contribution in [2.45, 2.75) is 58.5 Å². The molecule has 1 aliphatic heterocycles. The highest BCUT2D eigenvalue weighted by Crippen LogP contribution is 2.11. The minimum Gasteiger partial charge on any atom is -0.370 e. The van der Waals surface area contributed by atoms with Crippen LogP contribution < -0.4 is 22.1 Å². The number of nitrogens with one attached hydrogen (secondary N) is 2. The molecule has 1 fully saturated rings. The van der Waals surface area contributed by atoms with E-state index in [2.05, 4.69) is 15.6 Å². The van der Waals surface area contributed by atoms with Crippen LogP contribution in [0.5, 0.6) is 0 Å². The van der Waals surface area contributed by atoms with Crippen molar-refractivity contribution < 1.29 is 9.59 Å². The normalized spacial score (nSPS) is 20.9. The van der Waals surface area contributed by atoms with Gasteiger partial charge in [0, 0.05) is 18.4 Å². The molecule has 0 saturated carbocycles. The van der Waals surface area contributed by atoms with Gasteiger partial charge in [-0.1, -0.05) is 20.8 Å². The lowest BCUT2D eigenvalue weighted by molar-refractivity contribution is -0.124. The van der Waals surface area contributed by atoms with Gasteiger partial charge < -0.3 is 22.1 Å². The van der Waals surface area contributed by atoms with Crippen molar-refractivity contribution in [3.8, 4) is 0 Å². The maximum absolute atomic E-state index is 12.2. The predicted molar refractivity (Wildman–Crippen MR) is 96.7 cm³/mol. The fourth-order valence-electron chi connectivity index (χ4n) is 2.76. The standard InChI is InChI=1S/C17H33N5O2/c1-11(2)15(23)13(18)6-4-9-21-17(19)22-10-12(3)16(24)14-7-5-8-20-14/h11-14,20H,4-10,18H2,1-3H3,(H3,19,21,22)/t12?,13-,14-/m0/s1. The molecule has 138 valence electrons. The Hall–Kier alpha value is -1.47. The smallest absolute Gasteiger partial charge is 0.188 e. The van der Waals surface area contributed by atoms with Crippen LogP contribution in [0.1, 0.15) is 46.5 Å². The summed E-state index contributed by atoms with van der Waals surface area (Å²) in [7, 11) is 0. The highest BCUT2D eigenvalue weighted by molar-refractivity contribution is 5.87. The Morgan fingerprint density at radius 3 is 2.62 bits per heavy atom. The summed E-state index contributed by atoms with van der Waals surface area (Å²) in [5, 5.41) is 6.21. The van der Waals surface area contributed by atoms with E-state index >= 15 is 0 Å². The Morgan fingerprint density at radius 1 is 1.33 bits per heavy atom. The number of hydrogen-bond donors (Lipinski definition) is 4. The number of carbonyl (C=O) groups excluding carboxylic acids is 2. The van der Waals surface area contributed by atoms with Crippen LogP contribution in [0.2, 0.25) is 0 Å². The molecule has 24 heavy (non-hydrogen) atoms. The van der Waals surface area contributed by atoms with Gasteiger partial charge in [0.1, 0.15) is 0 Å². The molecule has 0 aromatic heterocycles. The first-order valence-corrected chi connectivity index (χ1v) is 8.93. The van der Waals surface area contributed by atoms with Crippen molar-refractivity contribution in [1.29, 1.82) is 0 Å². The minimum absolute atomic E-state index is 0.0237. The van der Waals surface area contributed by atoms with Crippen molar-refractivity contribution >= 4 is 17.5 Å². The van der Waals surface area contributed by atoms with Gasteiger partial charge in [0.25, 0.3) is 0 Å². The molecule has 0 bridgehead atoms. The van der Waals surface area contributed by atoms with E-state index in [0.29, 0.717) is 25.5 Å². The first kappa shape index (κ1) is 20.6. The van der Waals surface area contributed by atoms with E-state index in [1.54, 1.807) is 0 Å². The van der Waals surface area contributed by atoms with Crippen molar-refractivity contribution in [2.75, 3.05) is 19.6 Å². The third kappa shape index (κ3) is 6.97. The van der Waals surface area contributed by atoms with Gasteiger partial charge in [0.15, 0.2) is 17.5 Å². The van der Waals surface area contributed by atoms with E-state index in [1.165, 1.54) is 0 Å². The highest BCUT2D eigenvalue weighted by atomic mass is 16.1. The average molecular weight is 339 g/mol. The van der Waals surface area contributed by atoms with E-state index in [0.717, 1.165) is 25.8 Å². The number of nitrogens with zero attached hydrogens (tertiary/aromatic N) is 1. The summed E-state index contributed by atoms with van der Waals surface area (Å²) in [6.07, 6.45) is 3.34. The van der Waals surface area contributed by atoms with Gasteiger partial charge in [0.05, 0.1) is 18.6 Å². The summed E-state index contributed by atoms with van der Waals surface area (Å²) in [5.41, 5.74) is 11.7. The van der Waals surface area contributed by atoms with Crippen molar-refractivity contribution in [2.24, 2.45) is 28.3 Å². The number of hydrogen-bond acceptors (Lipinski definition) is 5. The molecule has 1 aliphatic rings. The molecule has 1 unspecified atom stereocenters. The van der Waals surface area contributed by atoms with Crippen LogP contribution in [-0.4, -0.2) is 49.2 Å². The Bertz CT molecular complexity index is 444. The highest BCUT2D eigenvalue weighted by Gasteiger charge is 2.26. The van der Waals surface area contributed by atoms with Gasteiger partial charge >= 0.3 is 0 Å². The van der Waals surface area contributed by atoms with Crippen molar-refractivity contribution in [3.63, 3.8) is 0 Å². The molecule has 1 heterocycles. The second-order valence-electron chi connectivity index (χ2n) is 6.91. The van der Waals surface area contributed by atoms with E-state index < -0.39 is 6.04 Å². The lowest BCUT2D eigenvalue weighted by atomic mass is 9.99. The first-order valence-electron chi connectivity index (χ1n) is 8.93. The molecule has 6 N–H and O–H groups in total. The molecule has 3 atom stereocenters. The summed E-state index contributed by atoms with van der Waals surface area (Å²) < 4.78 is 0. The SMILES string of the molecule is CC(C)C(=O)[C@@H](N)CCCNC(N)=NCC(C)C(=O)[C@@H]1CCCN1. The predicted octanol–water partition coefficient (Wildman–Crippen LogP) is 0.181. The summed E-state index contributed by atoms with van der Waals surface area (Å²) in [6, 6.07) is -0.439. The Labute approximate surface area is 145 Å². The lowest BCUT2D eigenvalue weighted by Crippen LogP contribution is -2.38. The largest absolute Gasteiger partial charge is 0.370 e. The van der Waals surface area contributed by atoms with Gasteiger partial charge in [-0.2, -0.15) is 0 Å². The zero-order valence-electron chi connectivity index (χ0n) is 15.2. The van der Waals surface area contributed by atoms with Crippen LogP contribution in [-0.2, 0) is 9.59 Å². The fourth-order valence-corrected chi connectivity index (χ4v) is 2.76. The Morgan fingerprint density at radius 2 is 2.04 bits per heavy atom. The summed E-state index contributed by atoms with van der Waals surface area (Å²) in [4.78, 5) is 28.1. The monoisotopic (exact) mass is 339 g/mol. The van der Waals surface area contributed by atoms with Crippen LogP contribution in [0, 0.1) is 11.8 Å². The zero-order chi connectivity index (χ0) is 18.1. The Kier molecular flexibility index (Phi) is 8.92. The van der Waals surface area contributed by atoms with E-state index in [9.17, 15) is 9.59 Å². The molecule has 7 nitrogen and oxygen atoms in total. The first-order chi connectivity index (χ1) is 11.3. The second kappa shape index (κ2) is 10.4. The van der Waals surface area contributed by atoms with Crippen LogP contribution in [0.4, 0.5) is 0 Å². The van der Waals surface area contributed by atoms with Crippen LogP contribution in [0.15, 0.2) is 4.99 Å².